The Morgan fingerprint density at radius 3 is 2.89 bits per heavy atom. The van der Waals surface area contributed by atoms with Crippen LogP contribution in [-0.4, -0.2) is 26.9 Å². The summed E-state index contributed by atoms with van der Waals surface area (Å²) in [6.45, 7) is 0.739. The molecule has 140 valence electrons. The van der Waals surface area contributed by atoms with Crippen LogP contribution in [0.3, 0.4) is 0 Å². The van der Waals surface area contributed by atoms with Gasteiger partial charge in [0.15, 0.2) is 0 Å². The molecule has 5 heteroatoms. The highest BCUT2D eigenvalue weighted by atomic mass is 32.1. The van der Waals surface area contributed by atoms with E-state index in [0.29, 0.717) is 0 Å². The van der Waals surface area contributed by atoms with Gasteiger partial charge in [-0.3, -0.25) is 9.78 Å². The SMILES string of the molecule is Cn1cc(C(=O)N2CCc3ccsc3C2Cc2ccccn2)c2ccccc21. The maximum Gasteiger partial charge on any atom is 0.256 e. The van der Waals surface area contributed by atoms with Crippen LogP contribution in [0.2, 0.25) is 0 Å². The number of aryl methyl sites for hydroxylation is 1. The van der Waals surface area contributed by atoms with Gasteiger partial charge in [0, 0.05) is 53.9 Å². The number of benzene rings is 1. The van der Waals surface area contributed by atoms with E-state index in [-0.39, 0.29) is 11.9 Å². The molecule has 1 atom stereocenters. The molecule has 1 amide bonds. The van der Waals surface area contributed by atoms with Crippen molar-refractivity contribution in [3.63, 3.8) is 0 Å². The summed E-state index contributed by atoms with van der Waals surface area (Å²) in [5.41, 5.74) is 4.25. The van der Waals surface area contributed by atoms with Gasteiger partial charge in [0.05, 0.1) is 11.6 Å². The second-order valence-electron chi connectivity index (χ2n) is 7.27. The summed E-state index contributed by atoms with van der Waals surface area (Å²) >= 11 is 1.75. The van der Waals surface area contributed by atoms with Crippen LogP contribution in [0.15, 0.2) is 66.3 Å². The molecule has 4 aromatic rings. The van der Waals surface area contributed by atoms with Crippen molar-refractivity contribution in [2.24, 2.45) is 7.05 Å². The summed E-state index contributed by atoms with van der Waals surface area (Å²) in [4.78, 5) is 21.5. The molecule has 0 spiro atoms. The fraction of sp³-hybridized carbons (Fsp3) is 0.217. The van der Waals surface area contributed by atoms with E-state index in [1.165, 1.54) is 10.4 Å². The highest BCUT2D eigenvalue weighted by Gasteiger charge is 2.33. The Morgan fingerprint density at radius 1 is 1.18 bits per heavy atom. The largest absolute Gasteiger partial charge is 0.350 e. The smallest absolute Gasteiger partial charge is 0.256 e. The summed E-state index contributed by atoms with van der Waals surface area (Å²) in [7, 11) is 2.00. The molecule has 3 aromatic heterocycles. The fourth-order valence-corrected chi connectivity index (χ4v) is 5.28. The molecular weight excluding hydrogens is 366 g/mol. The predicted octanol–water partition coefficient (Wildman–Crippen LogP) is 4.62. The summed E-state index contributed by atoms with van der Waals surface area (Å²) < 4.78 is 2.04. The maximum atomic E-state index is 13.7. The van der Waals surface area contributed by atoms with Crippen LogP contribution in [0.4, 0.5) is 0 Å². The van der Waals surface area contributed by atoms with Crippen LogP contribution in [0.5, 0.6) is 0 Å². The van der Waals surface area contributed by atoms with Gasteiger partial charge >= 0.3 is 0 Å². The normalized spacial score (nSPS) is 16.3. The molecule has 4 nitrogen and oxygen atoms in total. The number of pyridine rings is 1. The minimum Gasteiger partial charge on any atom is -0.350 e. The third-order valence-corrected chi connectivity index (χ3v) is 6.66. The minimum atomic E-state index is 0.0325. The third-order valence-electron chi connectivity index (χ3n) is 5.60. The second-order valence-corrected chi connectivity index (χ2v) is 8.22. The highest BCUT2D eigenvalue weighted by molar-refractivity contribution is 7.10. The van der Waals surface area contributed by atoms with Gasteiger partial charge in [0.1, 0.15) is 0 Å². The van der Waals surface area contributed by atoms with Crippen LogP contribution in [0.25, 0.3) is 10.9 Å². The van der Waals surface area contributed by atoms with Crippen molar-refractivity contribution in [1.82, 2.24) is 14.5 Å². The van der Waals surface area contributed by atoms with Crippen molar-refractivity contribution in [2.75, 3.05) is 6.54 Å². The van der Waals surface area contributed by atoms with Gasteiger partial charge < -0.3 is 9.47 Å². The van der Waals surface area contributed by atoms with Gasteiger partial charge in [-0.25, -0.2) is 0 Å². The van der Waals surface area contributed by atoms with Crippen LogP contribution < -0.4 is 0 Å². The third kappa shape index (κ3) is 2.83. The van der Waals surface area contributed by atoms with Crippen LogP contribution in [0, 0.1) is 0 Å². The van der Waals surface area contributed by atoms with Crippen molar-refractivity contribution in [3.05, 3.63) is 88.0 Å². The Balaban J connectivity index is 1.56. The zero-order valence-electron chi connectivity index (χ0n) is 15.7. The Hall–Kier alpha value is -2.92. The molecule has 0 N–H and O–H groups in total. The number of hydrogen-bond donors (Lipinski definition) is 0. The molecule has 1 aliphatic heterocycles. The summed E-state index contributed by atoms with van der Waals surface area (Å²) in [5, 5.41) is 3.16. The second kappa shape index (κ2) is 6.91. The first-order valence-corrected chi connectivity index (χ1v) is 10.4. The Morgan fingerprint density at radius 2 is 2.04 bits per heavy atom. The Kier molecular flexibility index (Phi) is 4.24. The number of amides is 1. The lowest BCUT2D eigenvalue weighted by molar-refractivity contribution is 0.0665. The summed E-state index contributed by atoms with van der Waals surface area (Å²) in [5.74, 6) is 0.108. The molecule has 1 unspecified atom stereocenters. The number of aromatic nitrogens is 2. The number of hydrogen-bond acceptors (Lipinski definition) is 3. The lowest BCUT2D eigenvalue weighted by Crippen LogP contribution is -2.40. The number of nitrogens with zero attached hydrogens (tertiary/aromatic N) is 3. The van der Waals surface area contributed by atoms with Gasteiger partial charge in [-0.1, -0.05) is 24.3 Å². The molecule has 1 aromatic carbocycles. The number of carbonyl (C=O) groups excluding carboxylic acids is 1. The fourth-order valence-electron chi connectivity index (χ4n) is 4.21. The van der Waals surface area contributed by atoms with Gasteiger partial charge in [-0.2, -0.15) is 0 Å². The van der Waals surface area contributed by atoms with Crippen molar-refractivity contribution >= 4 is 28.1 Å². The number of carbonyl (C=O) groups is 1. The zero-order chi connectivity index (χ0) is 19.1. The Bertz CT molecular complexity index is 1150. The Labute approximate surface area is 168 Å². The van der Waals surface area contributed by atoms with Crippen molar-refractivity contribution in [2.45, 2.75) is 18.9 Å². The topological polar surface area (TPSA) is 38.1 Å². The average Bonchev–Trinajstić information content (AvgIpc) is 3.34. The molecule has 0 aliphatic carbocycles. The lowest BCUT2D eigenvalue weighted by atomic mass is 9.96. The van der Waals surface area contributed by atoms with Gasteiger partial charge in [0.25, 0.3) is 5.91 Å². The van der Waals surface area contributed by atoms with Crippen LogP contribution in [0.1, 0.15) is 32.5 Å². The molecule has 28 heavy (non-hydrogen) atoms. The number of fused-ring (bicyclic) bond motifs is 2. The van der Waals surface area contributed by atoms with E-state index in [2.05, 4.69) is 27.4 Å². The van der Waals surface area contributed by atoms with Gasteiger partial charge in [0.2, 0.25) is 0 Å². The first-order valence-electron chi connectivity index (χ1n) is 9.53. The van der Waals surface area contributed by atoms with Crippen LogP contribution in [-0.2, 0) is 19.9 Å². The molecule has 0 radical (unpaired) electrons. The molecule has 0 saturated heterocycles. The number of thiophene rings is 1. The first-order chi connectivity index (χ1) is 13.7. The van der Waals surface area contributed by atoms with Crippen molar-refractivity contribution < 1.29 is 4.79 Å². The molecule has 1 aliphatic rings. The van der Waals surface area contributed by atoms with E-state index >= 15 is 0 Å². The van der Waals surface area contributed by atoms with E-state index in [4.69, 9.17) is 0 Å². The van der Waals surface area contributed by atoms with Gasteiger partial charge in [-0.05, 0) is 41.6 Å². The number of rotatable bonds is 3. The minimum absolute atomic E-state index is 0.0325. The summed E-state index contributed by atoms with van der Waals surface area (Å²) in [6, 6.07) is 16.3. The van der Waals surface area contributed by atoms with E-state index in [1.54, 1.807) is 11.3 Å². The van der Waals surface area contributed by atoms with Gasteiger partial charge in [-0.15, -0.1) is 11.3 Å². The molecule has 4 heterocycles. The molecule has 0 saturated carbocycles. The van der Waals surface area contributed by atoms with E-state index < -0.39 is 0 Å². The highest BCUT2D eigenvalue weighted by Crippen LogP contribution is 2.37. The summed E-state index contributed by atoms with van der Waals surface area (Å²) in [6.07, 6.45) is 5.44. The lowest BCUT2D eigenvalue weighted by Gasteiger charge is -2.35. The monoisotopic (exact) mass is 387 g/mol. The first kappa shape index (κ1) is 17.2. The van der Waals surface area contributed by atoms with Crippen molar-refractivity contribution in [3.8, 4) is 0 Å². The van der Waals surface area contributed by atoms with E-state index in [9.17, 15) is 4.79 Å². The number of para-hydroxylation sites is 1. The standard InChI is InChI=1S/C23H21N3OS/c1-25-15-19(18-7-2-3-8-20(18)25)23(27)26-12-9-16-10-13-28-22(16)21(26)14-17-6-4-5-11-24-17/h2-8,10-11,13,15,21H,9,12,14H2,1H3. The molecule has 5 rings (SSSR count). The van der Waals surface area contributed by atoms with E-state index in [0.717, 1.165) is 41.5 Å². The average molecular weight is 388 g/mol. The van der Waals surface area contributed by atoms with Crippen molar-refractivity contribution in [1.29, 1.82) is 0 Å². The predicted molar refractivity (Wildman–Crippen MR) is 113 cm³/mol. The molecule has 0 bridgehead atoms. The molecular formula is C23H21N3OS. The van der Waals surface area contributed by atoms with E-state index in [1.807, 2.05) is 60.4 Å². The quantitative estimate of drug-likeness (QED) is 0.515. The van der Waals surface area contributed by atoms with Crippen LogP contribution >= 0.6 is 11.3 Å². The molecule has 0 fully saturated rings. The maximum absolute atomic E-state index is 13.7. The zero-order valence-corrected chi connectivity index (χ0v) is 16.5.